The predicted molar refractivity (Wildman–Crippen MR) is 104 cm³/mol. The zero-order chi connectivity index (χ0) is 19.1. The van der Waals surface area contributed by atoms with Gasteiger partial charge in [0.1, 0.15) is 5.01 Å². The fourth-order valence-electron chi connectivity index (χ4n) is 2.55. The lowest BCUT2D eigenvalue weighted by Gasteiger charge is -2.26. The van der Waals surface area contributed by atoms with Gasteiger partial charge in [0, 0.05) is 24.9 Å². The number of amides is 2. The van der Waals surface area contributed by atoms with Crippen LogP contribution in [0.5, 0.6) is 0 Å². The van der Waals surface area contributed by atoms with Crippen LogP contribution in [0.15, 0.2) is 30.3 Å². The van der Waals surface area contributed by atoms with Gasteiger partial charge in [-0.25, -0.2) is 4.79 Å². The Morgan fingerprint density at radius 2 is 1.92 bits per heavy atom. The van der Waals surface area contributed by atoms with Gasteiger partial charge < -0.3 is 15.3 Å². The Kier molecular flexibility index (Phi) is 7.50. The van der Waals surface area contributed by atoms with Crippen molar-refractivity contribution in [2.45, 2.75) is 25.9 Å². The molecule has 0 aliphatic heterocycles. The van der Waals surface area contributed by atoms with E-state index in [1.165, 1.54) is 11.3 Å². The third-order valence-corrected chi connectivity index (χ3v) is 5.01. The first-order valence-corrected chi connectivity index (χ1v) is 9.44. The number of aliphatic hydroxyl groups excluding tert-OH is 1. The number of nitrogens with zero attached hydrogens (tertiary/aromatic N) is 3. The first-order valence-electron chi connectivity index (χ1n) is 8.62. The molecule has 0 unspecified atom stereocenters. The second-order valence-electron chi connectivity index (χ2n) is 6.81. The van der Waals surface area contributed by atoms with Gasteiger partial charge in [-0.05, 0) is 19.7 Å². The van der Waals surface area contributed by atoms with Crippen molar-refractivity contribution in [3.05, 3.63) is 40.9 Å². The molecule has 2 aromatic rings. The van der Waals surface area contributed by atoms with Gasteiger partial charge in [0.25, 0.3) is 0 Å². The number of benzene rings is 1. The first kappa shape index (κ1) is 20.3. The first-order chi connectivity index (χ1) is 12.4. The topological polar surface area (TPSA) is 90.4 Å². The van der Waals surface area contributed by atoms with Gasteiger partial charge in [0.05, 0.1) is 6.10 Å². The number of carbonyl (C=O) groups excluding carboxylic acids is 1. The maximum Gasteiger partial charge on any atom is 0.321 e. The zero-order valence-corrected chi connectivity index (χ0v) is 16.5. The lowest BCUT2D eigenvalue weighted by atomic mass is 9.95. The molecule has 2 atom stereocenters. The van der Waals surface area contributed by atoms with Crippen molar-refractivity contribution < 1.29 is 9.90 Å². The molecule has 0 spiro atoms. The van der Waals surface area contributed by atoms with E-state index in [0.717, 1.165) is 10.6 Å². The fourth-order valence-corrected chi connectivity index (χ4v) is 3.29. The van der Waals surface area contributed by atoms with E-state index >= 15 is 0 Å². The van der Waals surface area contributed by atoms with E-state index < -0.39 is 6.10 Å². The second-order valence-corrected chi connectivity index (χ2v) is 7.82. The molecule has 1 aromatic heterocycles. The molecule has 0 aliphatic carbocycles. The average molecular weight is 378 g/mol. The van der Waals surface area contributed by atoms with E-state index in [4.69, 9.17) is 0 Å². The van der Waals surface area contributed by atoms with Crippen LogP contribution in [0.2, 0.25) is 0 Å². The number of hydrogen-bond donors (Lipinski definition) is 3. The maximum atomic E-state index is 12.2. The summed E-state index contributed by atoms with van der Waals surface area (Å²) in [7, 11) is 3.89. The summed E-state index contributed by atoms with van der Waals surface area (Å²) in [6.07, 6.45) is -0.659. The van der Waals surface area contributed by atoms with Crippen molar-refractivity contribution in [3.63, 3.8) is 0 Å². The number of hydrogen-bond acceptors (Lipinski definition) is 6. The molecule has 1 aromatic carbocycles. The summed E-state index contributed by atoms with van der Waals surface area (Å²) >= 11 is 1.37. The van der Waals surface area contributed by atoms with Crippen LogP contribution in [-0.4, -0.2) is 53.4 Å². The average Bonchev–Trinajstić information content (AvgIpc) is 3.07. The SMILES string of the molecule is CC(C)c1nnc(NC(=O)NC[C@@H](CN(C)C)[C@H](O)c2ccccc2)s1. The van der Waals surface area contributed by atoms with Crippen LogP contribution in [-0.2, 0) is 0 Å². The highest BCUT2D eigenvalue weighted by molar-refractivity contribution is 7.15. The van der Waals surface area contributed by atoms with Crippen molar-refractivity contribution in [2.24, 2.45) is 5.92 Å². The van der Waals surface area contributed by atoms with Crippen LogP contribution in [0.25, 0.3) is 0 Å². The molecule has 0 saturated heterocycles. The fraction of sp³-hybridized carbons (Fsp3) is 0.500. The number of anilines is 1. The predicted octanol–water partition coefficient (Wildman–Crippen LogP) is 2.69. The van der Waals surface area contributed by atoms with Gasteiger partial charge in [-0.1, -0.05) is 55.5 Å². The molecule has 1 heterocycles. The second kappa shape index (κ2) is 9.61. The van der Waals surface area contributed by atoms with Crippen LogP contribution in [0, 0.1) is 5.92 Å². The standard InChI is InChI=1S/C18H27N5O2S/c1-12(2)16-21-22-18(26-16)20-17(25)19-10-14(11-23(3)4)15(24)13-8-6-5-7-9-13/h5-9,12,14-15,24H,10-11H2,1-4H3,(H2,19,20,22,25)/t14-,15+/m0/s1. The van der Waals surface area contributed by atoms with Gasteiger partial charge in [-0.3, -0.25) is 5.32 Å². The molecule has 0 bridgehead atoms. The van der Waals surface area contributed by atoms with Crippen LogP contribution in [0.1, 0.15) is 36.4 Å². The van der Waals surface area contributed by atoms with Crippen LogP contribution >= 0.6 is 11.3 Å². The van der Waals surface area contributed by atoms with Gasteiger partial charge in [-0.15, -0.1) is 10.2 Å². The third-order valence-electron chi connectivity index (χ3n) is 3.87. The summed E-state index contributed by atoms with van der Waals surface area (Å²) in [6, 6.07) is 9.14. The van der Waals surface area contributed by atoms with E-state index in [-0.39, 0.29) is 17.9 Å². The van der Waals surface area contributed by atoms with Crippen LogP contribution in [0.4, 0.5) is 9.93 Å². The Balaban J connectivity index is 1.94. The lowest BCUT2D eigenvalue weighted by molar-refractivity contribution is 0.0911. The molecule has 8 heteroatoms. The zero-order valence-electron chi connectivity index (χ0n) is 15.6. The number of carbonyl (C=O) groups is 1. The monoisotopic (exact) mass is 377 g/mol. The summed E-state index contributed by atoms with van der Waals surface area (Å²) in [6.45, 7) is 5.05. The molecule has 2 amide bonds. The molecular weight excluding hydrogens is 350 g/mol. The molecule has 2 rings (SSSR count). The van der Waals surface area contributed by atoms with E-state index in [9.17, 15) is 9.90 Å². The molecule has 0 fully saturated rings. The Morgan fingerprint density at radius 1 is 1.23 bits per heavy atom. The van der Waals surface area contributed by atoms with Gasteiger partial charge in [0.2, 0.25) is 5.13 Å². The van der Waals surface area contributed by atoms with Crippen molar-refractivity contribution in [2.75, 3.05) is 32.5 Å². The lowest BCUT2D eigenvalue weighted by Crippen LogP contribution is -2.39. The molecule has 26 heavy (non-hydrogen) atoms. The Labute approximate surface area is 158 Å². The third kappa shape index (κ3) is 6.05. The number of aliphatic hydroxyl groups is 1. The van der Waals surface area contributed by atoms with Crippen LogP contribution < -0.4 is 10.6 Å². The summed E-state index contributed by atoms with van der Waals surface area (Å²) in [5.74, 6) is 0.135. The Bertz CT molecular complexity index is 690. The Morgan fingerprint density at radius 3 is 2.50 bits per heavy atom. The normalized spacial score (nSPS) is 13.7. The molecule has 3 N–H and O–H groups in total. The van der Waals surface area contributed by atoms with Gasteiger partial charge in [0.15, 0.2) is 0 Å². The summed E-state index contributed by atoms with van der Waals surface area (Å²) in [5, 5.41) is 25.6. The van der Waals surface area contributed by atoms with E-state index in [2.05, 4.69) is 20.8 Å². The smallest absolute Gasteiger partial charge is 0.321 e. The van der Waals surface area contributed by atoms with Crippen molar-refractivity contribution in [3.8, 4) is 0 Å². The van der Waals surface area contributed by atoms with Crippen molar-refractivity contribution in [1.29, 1.82) is 0 Å². The minimum atomic E-state index is -0.659. The minimum absolute atomic E-state index is 0.140. The van der Waals surface area contributed by atoms with Crippen molar-refractivity contribution in [1.82, 2.24) is 20.4 Å². The molecule has 142 valence electrons. The molecule has 0 aliphatic rings. The number of nitrogens with one attached hydrogen (secondary N) is 2. The summed E-state index contributed by atoms with van der Waals surface area (Å²) < 4.78 is 0. The molecule has 0 saturated carbocycles. The van der Waals surface area contributed by atoms with Crippen LogP contribution in [0.3, 0.4) is 0 Å². The Hall–Kier alpha value is -2.03. The largest absolute Gasteiger partial charge is 0.388 e. The minimum Gasteiger partial charge on any atom is -0.388 e. The summed E-state index contributed by atoms with van der Waals surface area (Å²) in [5.41, 5.74) is 0.840. The highest BCUT2D eigenvalue weighted by atomic mass is 32.1. The summed E-state index contributed by atoms with van der Waals surface area (Å²) in [4.78, 5) is 14.2. The highest BCUT2D eigenvalue weighted by Crippen LogP contribution is 2.23. The van der Waals surface area contributed by atoms with Crippen molar-refractivity contribution >= 4 is 22.5 Å². The van der Waals surface area contributed by atoms with E-state index in [1.807, 2.05) is 63.2 Å². The molecule has 7 nitrogen and oxygen atoms in total. The number of rotatable bonds is 8. The molecule has 0 radical (unpaired) electrons. The van der Waals surface area contributed by atoms with E-state index in [1.54, 1.807) is 0 Å². The quantitative estimate of drug-likeness (QED) is 0.658. The number of urea groups is 1. The van der Waals surface area contributed by atoms with Gasteiger partial charge >= 0.3 is 6.03 Å². The van der Waals surface area contributed by atoms with Gasteiger partial charge in [-0.2, -0.15) is 0 Å². The number of aromatic nitrogens is 2. The highest BCUT2D eigenvalue weighted by Gasteiger charge is 2.22. The maximum absolute atomic E-state index is 12.2. The van der Waals surface area contributed by atoms with E-state index in [0.29, 0.717) is 18.2 Å². The molecular formula is C18H27N5O2S.